The Morgan fingerprint density at radius 3 is 1.67 bits per heavy atom. The monoisotopic (exact) mass is 892 g/mol. The normalized spacial score (nSPS) is 15.8. The molecule has 0 N–H and O–H groups in total. The van der Waals surface area contributed by atoms with Gasteiger partial charge in [0.05, 0.1) is 50.2 Å². The van der Waals surface area contributed by atoms with Crippen LogP contribution in [-0.4, -0.2) is 115 Å². The molecule has 0 aliphatic carbocycles. The first-order chi connectivity index (χ1) is 32.1. The van der Waals surface area contributed by atoms with Crippen molar-refractivity contribution in [1.29, 1.82) is 10.5 Å². The fourth-order valence-corrected chi connectivity index (χ4v) is 7.93. The zero-order valence-electron chi connectivity index (χ0n) is 37.2. The van der Waals surface area contributed by atoms with Gasteiger partial charge in [-0.15, -0.1) is 0 Å². The number of carbonyl (C=O) groups is 6. The summed E-state index contributed by atoms with van der Waals surface area (Å²) in [5.41, 5.74) is 2.37. The number of hydrogen-bond donors (Lipinski definition) is 0. The van der Waals surface area contributed by atoms with Gasteiger partial charge in [-0.1, -0.05) is 12.7 Å². The molecular formula is C49H54B2N6O9. The van der Waals surface area contributed by atoms with Crippen molar-refractivity contribution in [3.8, 4) is 23.6 Å². The minimum Gasteiger partial charge on any atom is -0.494 e. The van der Waals surface area contributed by atoms with E-state index in [1.807, 2.05) is 18.2 Å². The minimum absolute atomic E-state index is 0.0521. The molecule has 4 heterocycles. The second-order valence-corrected chi connectivity index (χ2v) is 16.2. The third kappa shape index (κ3) is 14.7. The second kappa shape index (κ2) is 26.4. The van der Waals surface area contributed by atoms with Crippen molar-refractivity contribution >= 4 is 73.1 Å². The Morgan fingerprint density at radius 2 is 1.20 bits per heavy atom. The van der Waals surface area contributed by atoms with E-state index in [9.17, 15) is 34.0 Å². The number of rotatable bonds is 24. The van der Waals surface area contributed by atoms with Gasteiger partial charge in [-0.3, -0.25) is 38.7 Å². The number of likely N-dealkylation sites (tertiary alicyclic amines) is 2. The summed E-state index contributed by atoms with van der Waals surface area (Å²) in [6, 6.07) is 16.9. The van der Waals surface area contributed by atoms with Gasteiger partial charge in [0.2, 0.25) is 11.8 Å². The average molecular weight is 893 g/mol. The molecule has 4 radical (unpaired) electrons. The van der Waals surface area contributed by atoms with Gasteiger partial charge in [0, 0.05) is 85.9 Å². The molecule has 15 nitrogen and oxygen atoms in total. The quantitative estimate of drug-likeness (QED) is 0.0309. The number of benzene rings is 2. The van der Waals surface area contributed by atoms with Gasteiger partial charge in [-0.25, -0.2) is 0 Å². The molecule has 6 rings (SSSR count). The summed E-state index contributed by atoms with van der Waals surface area (Å²) in [5.74, 6) is 0.738. The highest BCUT2D eigenvalue weighted by molar-refractivity contribution is 6.11. The molecule has 340 valence electrons. The molecule has 2 aliphatic rings. The van der Waals surface area contributed by atoms with Gasteiger partial charge >= 0.3 is 0 Å². The van der Waals surface area contributed by atoms with E-state index in [1.54, 1.807) is 52.5 Å². The van der Waals surface area contributed by atoms with Crippen LogP contribution >= 0.6 is 0 Å². The lowest BCUT2D eigenvalue weighted by atomic mass is 9.93. The van der Waals surface area contributed by atoms with Crippen molar-refractivity contribution in [2.24, 2.45) is 0 Å². The molecule has 4 aromatic rings. The number of pyridine rings is 2. The molecule has 0 spiro atoms. The number of Topliss-reactive ketones (excluding diaryl/α,β-unsaturated/α-hetero) is 3. The summed E-state index contributed by atoms with van der Waals surface area (Å²) in [6.45, 7) is 2.39. The molecular weight excluding hydrogens is 838 g/mol. The molecule has 2 saturated heterocycles. The Morgan fingerprint density at radius 1 is 0.697 bits per heavy atom. The Kier molecular flexibility index (Phi) is 20.1. The number of ether oxygens (including phenoxy) is 3. The van der Waals surface area contributed by atoms with Crippen LogP contribution < -0.4 is 9.47 Å². The molecule has 2 aromatic heterocycles. The van der Waals surface area contributed by atoms with Crippen molar-refractivity contribution < 1.29 is 43.0 Å². The standard InChI is InChI=1S/C27H30BN3O6.C22H24BN3O3/c28-26(37-18-32)10-6-20(33)5-1-2-15-36-21-7-8-24-23(16-21)22(12-13-30-24)25(34)9-11-27(35)31-14-3-4-19(31)17-29;23-10-1-2-13-29-17-5-6-20-19(14-17)18(9-11-25-20)21(27)7-8-22(28)26-12-3-4-16(26)15-24/h7-8,12-13,16,18-19,26H,1-6,9-11,14-15H2;5-6,9,11,14,16H,1-4,7-8,10,12-13H2/t19-,26?;16-/m00/s1. The Labute approximate surface area is 388 Å². The van der Waals surface area contributed by atoms with E-state index in [0.717, 1.165) is 31.1 Å². The Hall–Kier alpha value is -6.61. The first kappa shape index (κ1) is 50.4. The van der Waals surface area contributed by atoms with Crippen LogP contribution in [0.25, 0.3) is 21.8 Å². The number of nitrogens with zero attached hydrogens (tertiary/aromatic N) is 6. The van der Waals surface area contributed by atoms with Crippen LogP contribution in [0.4, 0.5) is 0 Å². The van der Waals surface area contributed by atoms with Gasteiger partial charge in [0.1, 0.15) is 37.2 Å². The molecule has 1 unspecified atom stereocenters. The molecule has 0 bridgehead atoms. The van der Waals surface area contributed by atoms with E-state index < -0.39 is 12.0 Å². The van der Waals surface area contributed by atoms with Crippen molar-refractivity contribution in [2.75, 3.05) is 26.3 Å². The van der Waals surface area contributed by atoms with Crippen molar-refractivity contribution in [3.05, 3.63) is 72.1 Å². The lowest BCUT2D eigenvalue weighted by molar-refractivity contribution is -0.131. The third-order valence-corrected chi connectivity index (χ3v) is 11.5. The van der Waals surface area contributed by atoms with E-state index in [2.05, 4.69) is 26.8 Å². The summed E-state index contributed by atoms with van der Waals surface area (Å²) in [7, 11) is 11.0. The van der Waals surface area contributed by atoms with Crippen LogP contribution in [0, 0.1) is 22.7 Å². The highest BCUT2D eigenvalue weighted by Gasteiger charge is 2.30. The first-order valence-corrected chi connectivity index (χ1v) is 22.6. The number of fused-ring (bicyclic) bond motifs is 2. The van der Waals surface area contributed by atoms with Gasteiger partial charge in [0.25, 0.3) is 6.47 Å². The molecule has 17 heteroatoms. The van der Waals surface area contributed by atoms with Gasteiger partial charge in [0.15, 0.2) is 11.6 Å². The largest absolute Gasteiger partial charge is 0.494 e. The SMILES string of the molecule is [B]C(CCC(=O)CCCCOc1ccc2nccc(C(=O)CCC(=O)N3CCC[C@H]3C#N)c2c1)OC=O.[B]CCCCOc1ccc2nccc(C(=O)CCC(=O)N3CCC[C@H]3C#N)c2c1. The third-order valence-electron chi connectivity index (χ3n) is 11.5. The Bertz CT molecular complexity index is 2420. The van der Waals surface area contributed by atoms with Crippen molar-refractivity contribution in [2.45, 2.75) is 121 Å². The molecule has 2 amide bonds. The number of ketones is 3. The Balaban J connectivity index is 0.000000255. The van der Waals surface area contributed by atoms with E-state index in [0.29, 0.717) is 110 Å². The average Bonchev–Trinajstić information content (AvgIpc) is 4.03. The molecule has 66 heavy (non-hydrogen) atoms. The maximum absolute atomic E-state index is 13.0. The van der Waals surface area contributed by atoms with Crippen LogP contribution in [0.3, 0.4) is 0 Å². The number of carbonyl (C=O) groups excluding carboxylic acids is 6. The molecule has 2 aromatic carbocycles. The number of hydrogen-bond acceptors (Lipinski definition) is 13. The number of unbranched alkanes of at least 4 members (excludes halogenated alkanes) is 2. The van der Waals surface area contributed by atoms with Gasteiger partial charge < -0.3 is 24.0 Å². The topological polar surface area (TPSA) is 210 Å². The zero-order valence-corrected chi connectivity index (χ0v) is 37.2. The maximum Gasteiger partial charge on any atom is 0.292 e. The summed E-state index contributed by atoms with van der Waals surface area (Å²) in [6.07, 6.45) is 11.2. The molecule has 3 atom stereocenters. The van der Waals surface area contributed by atoms with E-state index in [4.69, 9.17) is 30.4 Å². The summed E-state index contributed by atoms with van der Waals surface area (Å²) in [4.78, 5) is 84.7. The van der Waals surface area contributed by atoms with E-state index in [1.165, 1.54) is 0 Å². The predicted molar refractivity (Wildman–Crippen MR) is 247 cm³/mol. The first-order valence-electron chi connectivity index (χ1n) is 22.6. The highest BCUT2D eigenvalue weighted by atomic mass is 16.5. The summed E-state index contributed by atoms with van der Waals surface area (Å²) < 4.78 is 16.1. The molecule has 2 fully saturated rings. The number of nitriles is 2. The lowest BCUT2D eigenvalue weighted by Crippen LogP contribution is -2.34. The fourth-order valence-electron chi connectivity index (χ4n) is 7.93. The van der Waals surface area contributed by atoms with Crippen LogP contribution in [0.1, 0.15) is 117 Å². The smallest absolute Gasteiger partial charge is 0.292 e. The summed E-state index contributed by atoms with van der Waals surface area (Å²) >= 11 is 0. The van der Waals surface area contributed by atoms with Gasteiger partial charge in [-0.2, -0.15) is 10.5 Å². The number of aromatic nitrogens is 2. The fraction of sp³-hybridized carbons (Fsp3) is 0.469. The van der Waals surface area contributed by atoms with Crippen molar-refractivity contribution in [1.82, 2.24) is 19.8 Å². The second-order valence-electron chi connectivity index (χ2n) is 16.2. The molecule has 0 saturated carbocycles. The van der Waals surface area contributed by atoms with Crippen LogP contribution in [0.2, 0.25) is 6.32 Å². The molecule has 2 aliphatic heterocycles. The van der Waals surface area contributed by atoms with Crippen molar-refractivity contribution in [3.63, 3.8) is 0 Å². The minimum atomic E-state index is -0.759. The van der Waals surface area contributed by atoms with Crippen LogP contribution in [0.5, 0.6) is 11.5 Å². The highest BCUT2D eigenvalue weighted by Crippen LogP contribution is 2.27. The number of amides is 2. The van der Waals surface area contributed by atoms with Gasteiger partial charge in [-0.05, 0) is 99.9 Å². The maximum atomic E-state index is 13.0. The lowest BCUT2D eigenvalue weighted by Gasteiger charge is -2.19. The summed E-state index contributed by atoms with van der Waals surface area (Å²) in [5, 5.41) is 19.7. The van der Waals surface area contributed by atoms with E-state index in [-0.39, 0.29) is 73.8 Å². The zero-order chi connectivity index (χ0) is 47.3. The predicted octanol–water partition coefficient (Wildman–Crippen LogP) is 6.74. The van der Waals surface area contributed by atoms with Crippen LogP contribution in [0.15, 0.2) is 60.9 Å². The van der Waals surface area contributed by atoms with E-state index >= 15 is 0 Å². The van der Waals surface area contributed by atoms with Crippen LogP contribution in [-0.2, 0) is 23.9 Å².